The van der Waals surface area contributed by atoms with Crippen LogP contribution in [0.4, 0.5) is 0 Å². The van der Waals surface area contributed by atoms with Gasteiger partial charge in [-0.05, 0) is 31.6 Å². The minimum Gasteiger partial charge on any atom is -0.469 e. The van der Waals surface area contributed by atoms with E-state index in [0.717, 1.165) is 19.3 Å². The van der Waals surface area contributed by atoms with Gasteiger partial charge in [0, 0.05) is 17.1 Å². The van der Waals surface area contributed by atoms with Crippen LogP contribution in [0.2, 0.25) is 0 Å². The number of hydrogen-bond acceptors (Lipinski definition) is 5. The van der Waals surface area contributed by atoms with Crippen molar-refractivity contribution in [1.82, 2.24) is 0 Å². The number of ether oxygens (including phenoxy) is 2. The third-order valence-electron chi connectivity index (χ3n) is 7.01. The fraction of sp³-hybridized carbons (Fsp3) is 0.923. The topological polar surface area (TPSA) is 72.8 Å². The number of aliphatic hydroxyl groups is 1. The molecule has 32 heavy (non-hydrogen) atoms. The van der Waals surface area contributed by atoms with Gasteiger partial charge in [-0.3, -0.25) is 9.59 Å². The molecule has 2 saturated carbocycles. The number of carbonyl (C=O) groups excluding carboxylic acids is 2. The van der Waals surface area contributed by atoms with E-state index in [9.17, 15) is 9.59 Å². The first-order valence-electron chi connectivity index (χ1n) is 11.8. The molecule has 0 saturated heterocycles. The number of rotatable bonds is 10. The predicted molar refractivity (Wildman–Crippen MR) is 129 cm³/mol. The van der Waals surface area contributed by atoms with Crippen LogP contribution in [0.25, 0.3) is 0 Å². The maximum atomic E-state index is 12.7. The number of carbonyl (C=O) groups is 2. The Hall–Kier alpha value is -0.581. The van der Waals surface area contributed by atoms with Gasteiger partial charge in [-0.2, -0.15) is 0 Å². The summed E-state index contributed by atoms with van der Waals surface area (Å²) < 4.78 is 10.2. The zero-order valence-electron chi connectivity index (χ0n) is 19.6. The molecule has 0 bridgehead atoms. The SMILES string of the molecule is C.C.C1CCCC1.CCC(C1CCCC1)C(CC(C)(CC)C(=O)OC)C(=O)OCCO.[Fe]. The molecule has 0 radical (unpaired) electrons. The van der Waals surface area contributed by atoms with Crippen molar-refractivity contribution >= 4 is 11.9 Å². The van der Waals surface area contributed by atoms with Gasteiger partial charge in [0.2, 0.25) is 0 Å². The summed E-state index contributed by atoms with van der Waals surface area (Å²) in [6.07, 6.45) is 14.2. The molecule has 2 aliphatic carbocycles. The molecule has 0 spiro atoms. The smallest absolute Gasteiger partial charge is 0.311 e. The fourth-order valence-electron chi connectivity index (χ4n) is 4.98. The normalized spacial score (nSPS) is 18.9. The van der Waals surface area contributed by atoms with Crippen LogP contribution >= 0.6 is 0 Å². The summed E-state index contributed by atoms with van der Waals surface area (Å²) >= 11 is 0. The Labute approximate surface area is 209 Å². The Balaban J connectivity index is -0.000000924. The molecule has 0 aromatic heterocycles. The van der Waals surface area contributed by atoms with Crippen molar-refractivity contribution in [2.24, 2.45) is 23.2 Å². The van der Waals surface area contributed by atoms with Gasteiger partial charge in [0.25, 0.3) is 0 Å². The first-order valence-corrected chi connectivity index (χ1v) is 11.8. The fourth-order valence-corrected chi connectivity index (χ4v) is 4.98. The average molecular weight is 501 g/mol. The molecule has 0 aliphatic heterocycles. The molecule has 2 aliphatic rings. The molecule has 3 unspecified atom stereocenters. The molecule has 2 fully saturated rings. The third kappa shape index (κ3) is 11.5. The summed E-state index contributed by atoms with van der Waals surface area (Å²) in [4.78, 5) is 24.9. The van der Waals surface area contributed by atoms with Crippen molar-refractivity contribution in [1.29, 1.82) is 0 Å². The van der Waals surface area contributed by atoms with Crippen LogP contribution < -0.4 is 0 Å². The first-order chi connectivity index (χ1) is 13.9. The third-order valence-corrected chi connectivity index (χ3v) is 7.01. The Morgan fingerprint density at radius 3 is 1.88 bits per heavy atom. The second-order valence-electron chi connectivity index (χ2n) is 8.99. The molecule has 0 aromatic carbocycles. The maximum absolute atomic E-state index is 12.7. The van der Waals surface area contributed by atoms with Gasteiger partial charge in [-0.15, -0.1) is 0 Å². The summed E-state index contributed by atoms with van der Waals surface area (Å²) in [5.41, 5.74) is -0.691. The molecule has 0 amide bonds. The molecule has 0 heterocycles. The van der Waals surface area contributed by atoms with E-state index >= 15 is 0 Å². The van der Waals surface area contributed by atoms with Gasteiger partial charge >= 0.3 is 11.9 Å². The number of aliphatic hydroxyl groups excluding tert-OH is 1. The largest absolute Gasteiger partial charge is 0.469 e. The average Bonchev–Trinajstić information content (AvgIpc) is 3.47. The van der Waals surface area contributed by atoms with Crippen LogP contribution in [0.1, 0.15) is 113 Å². The molecule has 1 N–H and O–H groups in total. The quantitative estimate of drug-likeness (QED) is 0.272. The van der Waals surface area contributed by atoms with E-state index in [1.807, 2.05) is 13.8 Å². The molecule has 0 aromatic rings. The van der Waals surface area contributed by atoms with Crippen molar-refractivity contribution in [3.63, 3.8) is 0 Å². The van der Waals surface area contributed by atoms with Crippen LogP contribution in [-0.4, -0.2) is 37.4 Å². The minimum absolute atomic E-state index is 0. The van der Waals surface area contributed by atoms with Gasteiger partial charge < -0.3 is 14.6 Å². The van der Waals surface area contributed by atoms with E-state index in [0.29, 0.717) is 18.8 Å². The van der Waals surface area contributed by atoms with Gasteiger partial charge in [0.15, 0.2) is 0 Å². The first kappa shape index (κ1) is 36.0. The summed E-state index contributed by atoms with van der Waals surface area (Å²) in [6.45, 7) is 5.76. The Bertz CT molecular complexity index is 467. The Morgan fingerprint density at radius 1 is 1.00 bits per heavy atom. The van der Waals surface area contributed by atoms with E-state index in [2.05, 4.69) is 6.92 Å². The summed E-state index contributed by atoms with van der Waals surface area (Å²) in [5, 5.41) is 8.96. The van der Waals surface area contributed by atoms with E-state index < -0.39 is 5.41 Å². The molecule has 194 valence electrons. The van der Waals surface area contributed by atoms with Gasteiger partial charge in [0.1, 0.15) is 6.61 Å². The van der Waals surface area contributed by atoms with E-state index in [1.165, 1.54) is 52.1 Å². The molecule has 3 atom stereocenters. The molecule has 6 heteroatoms. The zero-order chi connectivity index (χ0) is 21.7. The molecular weight excluding hydrogens is 448 g/mol. The predicted octanol–water partition coefficient (Wildman–Crippen LogP) is 6.55. The standard InChI is InChI=1S/C19H34O5.C5H10.2CH4.Fe/c1-5-15(14-9-7-8-10-14)16(17(21)24-12-11-20)13-19(3,6-2)18(22)23-4;1-2-4-5-3-1;;;/h14-16,20H,5-13H2,1-4H3;1-5H2;2*1H4;. The van der Waals surface area contributed by atoms with Crippen LogP contribution in [0, 0.1) is 23.2 Å². The number of hydrogen-bond donors (Lipinski definition) is 1. The van der Waals surface area contributed by atoms with Crippen LogP contribution in [0.3, 0.4) is 0 Å². The summed E-state index contributed by atoms with van der Waals surface area (Å²) in [6, 6.07) is 0. The Morgan fingerprint density at radius 2 is 1.50 bits per heavy atom. The van der Waals surface area contributed by atoms with Gasteiger partial charge in [0.05, 0.1) is 25.0 Å². The second-order valence-corrected chi connectivity index (χ2v) is 8.99. The van der Waals surface area contributed by atoms with E-state index in [4.69, 9.17) is 14.6 Å². The van der Waals surface area contributed by atoms with Crippen molar-refractivity contribution < 1.29 is 41.2 Å². The monoisotopic (exact) mass is 500 g/mol. The number of methoxy groups -OCH3 is 1. The van der Waals surface area contributed by atoms with Gasteiger partial charge in [-0.25, -0.2) is 0 Å². The van der Waals surface area contributed by atoms with Crippen LogP contribution in [-0.2, 0) is 36.1 Å². The van der Waals surface area contributed by atoms with E-state index in [-0.39, 0.29) is 68.9 Å². The maximum Gasteiger partial charge on any atom is 0.311 e. The molecule has 5 nitrogen and oxygen atoms in total. The summed E-state index contributed by atoms with van der Waals surface area (Å²) in [7, 11) is 1.39. The second kappa shape index (κ2) is 19.8. The van der Waals surface area contributed by atoms with Gasteiger partial charge in [-0.1, -0.05) is 92.9 Å². The van der Waals surface area contributed by atoms with Crippen LogP contribution in [0.15, 0.2) is 0 Å². The van der Waals surface area contributed by atoms with Crippen molar-refractivity contribution in [3.8, 4) is 0 Å². The minimum atomic E-state index is -0.691. The van der Waals surface area contributed by atoms with Crippen LogP contribution in [0.5, 0.6) is 0 Å². The molecular formula is C26H52FeO5. The zero-order valence-corrected chi connectivity index (χ0v) is 20.7. The number of esters is 2. The van der Waals surface area contributed by atoms with Crippen molar-refractivity contribution in [2.75, 3.05) is 20.3 Å². The summed E-state index contributed by atoms with van der Waals surface area (Å²) in [5.74, 6) is -0.152. The van der Waals surface area contributed by atoms with E-state index in [1.54, 1.807) is 0 Å². The van der Waals surface area contributed by atoms with Crippen molar-refractivity contribution in [2.45, 2.75) is 113 Å². The molecule has 2 rings (SSSR count). The Kier molecular flexibility index (Phi) is 22.3. The van der Waals surface area contributed by atoms with Crippen molar-refractivity contribution in [3.05, 3.63) is 0 Å².